The second kappa shape index (κ2) is 4.18. The van der Waals surface area contributed by atoms with Crippen LogP contribution < -0.4 is 4.74 Å². The van der Waals surface area contributed by atoms with E-state index < -0.39 is 11.9 Å². The fourth-order valence-electron chi connectivity index (χ4n) is 0.784. The molecule has 1 rings (SSSR count). The molecule has 0 radical (unpaired) electrons. The summed E-state index contributed by atoms with van der Waals surface area (Å²) in [7, 11) is 0. The van der Waals surface area contributed by atoms with E-state index in [2.05, 4.69) is 16.3 Å². The minimum Gasteiger partial charge on any atom is -0.476 e. The summed E-state index contributed by atoms with van der Waals surface area (Å²) in [5.41, 5.74) is -0.303. The zero-order valence-corrected chi connectivity index (χ0v) is 7.14. The second-order valence-corrected chi connectivity index (χ2v) is 2.28. The number of hydrogen-bond donors (Lipinski definition) is 1. The molecule has 0 aliphatic carbocycles. The molecule has 0 amide bonds. The topological polar surface area (TPSA) is 76.5 Å². The predicted molar refractivity (Wildman–Crippen MR) is 47.0 cm³/mol. The van der Waals surface area contributed by atoms with Gasteiger partial charge in [-0.25, -0.2) is 14.6 Å². The number of carbonyl (C=O) groups is 2. The average molecular weight is 193 g/mol. The SMILES string of the molecule is C=CC(=O)Oc1cccnc1C(=O)O. The van der Waals surface area contributed by atoms with Crippen molar-refractivity contribution in [3.8, 4) is 5.75 Å². The van der Waals surface area contributed by atoms with Crippen molar-refractivity contribution in [1.29, 1.82) is 0 Å². The van der Waals surface area contributed by atoms with Gasteiger partial charge in [-0.2, -0.15) is 0 Å². The molecule has 0 atom stereocenters. The molecule has 72 valence electrons. The van der Waals surface area contributed by atoms with Crippen molar-refractivity contribution < 1.29 is 19.4 Å². The zero-order valence-electron chi connectivity index (χ0n) is 7.14. The lowest BCUT2D eigenvalue weighted by molar-refractivity contribution is -0.129. The molecule has 5 heteroatoms. The maximum absolute atomic E-state index is 10.8. The summed E-state index contributed by atoms with van der Waals surface area (Å²) in [6.45, 7) is 3.19. The van der Waals surface area contributed by atoms with Crippen molar-refractivity contribution in [2.75, 3.05) is 0 Å². The highest BCUT2D eigenvalue weighted by molar-refractivity contribution is 5.91. The van der Waals surface area contributed by atoms with E-state index in [4.69, 9.17) is 5.11 Å². The number of aromatic carboxylic acids is 1. The third kappa shape index (κ3) is 2.16. The molecular weight excluding hydrogens is 186 g/mol. The van der Waals surface area contributed by atoms with Crippen LogP contribution in [0.1, 0.15) is 10.5 Å². The average Bonchev–Trinajstić information content (AvgIpc) is 2.18. The van der Waals surface area contributed by atoms with Crippen LogP contribution >= 0.6 is 0 Å². The molecule has 5 nitrogen and oxygen atoms in total. The summed E-state index contributed by atoms with van der Waals surface area (Å²) < 4.78 is 4.66. The van der Waals surface area contributed by atoms with E-state index in [1.165, 1.54) is 18.3 Å². The molecule has 0 spiro atoms. The van der Waals surface area contributed by atoms with E-state index in [0.717, 1.165) is 6.08 Å². The number of hydrogen-bond acceptors (Lipinski definition) is 4. The first kappa shape index (κ1) is 9.91. The van der Waals surface area contributed by atoms with Gasteiger partial charge in [-0.15, -0.1) is 0 Å². The minimum atomic E-state index is -1.25. The Labute approximate surface area is 79.7 Å². The van der Waals surface area contributed by atoms with Gasteiger partial charge in [0.05, 0.1) is 0 Å². The molecule has 1 heterocycles. The molecule has 0 saturated carbocycles. The number of nitrogens with zero attached hydrogens (tertiary/aromatic N) is 1. The molecule has 0 unspecified atom stereocenters. The van der Waals surface area contributed by atoms with Crippen LogP contribution in [-0.4, -0.2) is 22.0 Å². The Morgan fingerprint density at radius 2 is 2.29 bits per heavy atom. The fourth-order valence-corrected chi connectivity index (χ4v) is 0.784. The largest absolute Gasteiger partial charge is 0.476 e. The summed E-state index contributed by atoms with van der Waals surface area (Å²) in [6.07, 6.45) is 2.24. The van der Waals surface area contributed by atoms with E-state index in [9.17, 15) is 9.59 Å². The molecule has 1 aromatic rings. The molecule has 14 heavy (non-hydrogen) atoms. The lowest BCUT2D eigenvalue weighted by Gasteiger charge is -2.02. The van der Waals surface area contributed by atoms with Crippen molar-refractivity contribution in [1.82, 2.24) is 4.98 Å². The number of ether oxygens (including phenoxy) is 1. The Morgan fingerprint density at radius 1 is 1.57 bits per heavy atom. The Balaban J connectivity index is 3.01. The summed E-state index contributed by atoms with van der Waals surface area (Å²) in [5.74, 6) is -2.07. The van der Waals surface area contributed by atoms with Crippen molar-refractivity contribution in [3.05, 3.63) is 36.7 Å². The highest BCUT2D eigenvalue weighted by Gasteiger charge is 2.13. The summed E-state index contributed by atoms with van der Waals surface area (Å²) in [5, 5.41) is 8.67. The van der Waals surface area contributed by atoms with Gasteiger partial charge >= 0.3 is 11.9 Å². The maximum atomic E-state index is 10.8. The first-order chi connectivity index (χ1) is 6.65. The van der Waals surface area contributed by atoms with Gasteiger partial charge in [0, 0.05) is 12.3 Å². The van der Waals surface area contributed by atoms with Gasteiger partial charge in [0.1, 0.15) is 0 Å². The molecule has 1 N–H and O–H groups in total. The fraction of sp³-hybridized carbons (Fsp3) is 0. The Bertz CT molecular complexity index is 386. The van der Waals surface area contributed by atoms with Crippen LogP contribution in [0.3, 0.4) is 0 Å². The van der Waals surface area contributed by atoms with E-state index >= 15 is 0 Å². The number of pyridine rings is 1. The molecule has 0 aliphatic rings. The molecule has 0 aliphatic heterocycles. The van der Waals surface area contributed by atoms with Crippen LogP contribution in [0.15, 0.2) is 31.0 Å². The van der Waals surface area contributed by atoms with Gasteiger partial charge in [-0.05, 0) is 12.1 Å². The van der Waals surface area contributed by atoms with Crippen LogP contribution in [0.2, 0.25) is 0 Å². The number of carboxylic acid groups (broad SMARTS) is 1. The zero-order chi connectivity index (χ0) is 10.6. The normalized spacial score (nSPS) is 9.14. The molecule has 1 aromatic heterocycles. The van der Waals surface area contributed by atoms with Crippen LogP contribution in [-0.2, 0) is 4.79 Å². The third-order valence-corrected chi connectivity index (χ3v) is 1.35. The first-order valence-electron chi connectivity index (χ1n) is 3.67. The van der Waals surface area contributed by atoms with Gasteiger partial charge in [0.25, 0.3) is 0 Å². The molecular formula is C9H7NO4. The van der Waals surface area contributed by atoms with Crippen molar-refractivity contribution in [2.45, 2.75) is 0 Å². The van der Waals surface area contributed by atoms with Crippen LogP contribution in [0.4, 0.5) is 0 Å². The standard InChI is InChI=1S/C9H7NO4/c1-2-7(11)14-6-4-3-5-10-8(6)9(12)13/h2-5H,1H2,(H,12,13). The van der Waals surface area contributed by atoms with Crippen molar-refractivity contribution >= 4 is 11.9 Å². The molecule has 0 bridgehead atoms. The third-order valence-electron chi connectivity index (χ3n) is 1.35. The van der Waals surface area contributed by atoms with Crippen LogP contribution in [0.5, 0.6) is 5.75 Å². The van der Waals surface area contributed by atoms with E-state index in [0.29, 0.717) is 0 Å². The second-order valence-electron chi connectivity index (χ2n) is 2.28. The van der Waals surface area contributed by atoms with Crippen LogP contribution in [0.25, 0.3) is 0 Å². The van der Waals surface area contributed by atoms with Crippen LogP contribution in [0, 0.1) is 0 Å². The van der Waals surface area contributed by atoms with Gasteiger partial charge in [0.15, 0.2) is 11.4 Å². The smallest absolute Gasteiger partial charge is 0.358 e. The lowest BCUT2D eigenvalue weighted by Crippen LogP contribution is -2.09. The summed E-state index contributed by atoms with van der Waals surface area (Å²) in [6, 6.07) is 2.82. The number of esters is 1. The highest BCUT2D eigenvalue weighted by atomic mass is 16.5. The summed E-state index contributed by atoms with van der Waals surface area (Å²) >= 11 is 0. The monoisotopic (exact) mass is 193 g/mol. The Hall–Kier alpha value is -2.17. The van der Waals surface area contributed by atoms with E-state index in [-0.39, 0.29) is 11.4 Å². The van der Waals surface area contributed by atoms with E-state index in [1.807, 2.05) is 0 Å². The Morgan fingerprint density at radius 3 is 2.86 bits per heavy atom. The number of aromatic nitrogens is 1. The Kier molecular flexibility index (Phi) is 2.96. The first-order valence-corrected chi connectivity index (χ1v) is 3.67. The van der Waals surface area contributed by atoms with Gasteiger partial charge < -0.3 is 9.84 Å². The lowest BCUT2D eigenvalue weighted by atomic mass is 10.3. The van der Waals surface area contributed by atoms with Crippen molar-refractivity contribution in [2.24, 2.45) is 0 Å². The summed E-state index contributed by atoms with van der Waals surface area (Å²) in [4.78, 5) is 25.0. The van der Waals surface area contributed by atoms with Crippen molar-refractivity contribution in [3.63, 3.8) is 0 Å². The molecule has 0 fully saturated rings. The molecule has 0 saturated heterocycles. The molecule has 0 aromatic carbocycles. The number of carbonyl (C=O) groups excluding carboxylic acids is 1. The minimum absolute atomic E-state index is 0.0927. The number of carboxylic acids is 1. The van der Waals surface area contributed by atoms with Gasteiger partial charge in [-0.1, -0.05) is 6.58 Å². The predicted octanol–water partition coefficient (Wildman–Crippen LogP) is 0.871. The highest BCUT2D eigenvalue weighted by Crippen LogP contribution is 2.15. The van der Waals surface area contributed by atoms with E-state index in [1.54, 1.807) is 0 Å². The van der Waals surface area contributed by atoms with Gasteiger partial charge in [0.2, 0.25) is 0 Å². The van der Waals surface area contributed by atoms with Gasteiger partial charge in [-0.3, -0.25) is 0 Å². The quantitative estimate of drug-likeness (QED) is 0.569. The maximum Gasteiger partial charge on any atom is 0.358 e. The number of rotatable bonds is 3.